The van der Waals surface area contributed by atoms with Crippen molar-refractivity contribution in [1.29, 1.82) is 0 Å². The van der Waals surface area contributed by atoms with E-state index in [1.165, 1.54) is 6.92 Å². The first-order valence-electron chi connectivity index (χ1n) is 3.88. The molecule has 1 aromatic heterocycles. The number of alkyl halides is 3. The molecule has 0 saturated heterocycles. The topological polar surface area (TPSA) is 67.2 Å². The predicted molar refractivity (Wildman–Crippen MR) is 44.7 cm³/mol. The quantitative estimate of drug-likeness (QED) is 0.803. The van der Waals surface area contributed by atoms with Crippen LogP contribution >= 0.6 is 0 Å². The maximum atomic E-state index is 11.9. The van der Waals surface area contributed by atoms with Crippen molar-refractivity contribution < 1.29 is 23.1 Å². The molecule has 84 valence electrons. The highest BCUT2D eigenvalue weighted by molar-refractivity contribution is 5.83. The molecular weight excluding hydrogens is 215 g/mol. The molecule has 1 aromatic rings. The van der Waals surface area contributed by atoms with Gasteiger partial charge in [0, 0.05) is 6.20 Å². The van der Waals surface area contributed by atoms with Gasteiger partial charge in [0.25, 0.3) is 0 Å². The monoisotopic (exact) mass is 223 g/mol. The first kappa shape index (κ1) is 11.3. The van der Waals surface area contributed by atoms with Crippen LogP contribution in [0.5, 0.6) is 0 Å². The lowest BCUT2D eigenvalue weighted by atomic mass is 10.4. The minimum atomic E-state index is -4.38. The molecule has 8 heteroatoms. The van der Waals surface area contributed by atoms with Gasteiger partial charge in [-0.25, -0.2) is 4.79 Å². The van der Waals surface area contributed by atoms with Crippen LogP contribution in [-0.4, -0.2) is 27.2 Å². The average Bonchev–Trinajstić information content (AvgIpc) is 2.26. The normalized spacial score (nSPS) is 11.5. The van der Waals surface area contributed by atoms with Crippen LogP contribution in [0, 0.1) is 6.92 Å². The first-order valence-corrected chi connectivity index (χ1v) is 3.88. The van der Waals surface area contributed by atoms with Crippen LogP contribution < -0.4 is 5.32 Å². The highest BCUT2D eigenvalue weighted by Gasteiger charge is 2.28. The molecule has 5 nitrogen and oxygen atoms in total. The summed E-state index contributed by atoms with van der Waals surface area (Å²) in [7, 11) is 0. The molecule has 0 saturated carbocycles. The number of amides is 1. The van der Waals surface area contributed by atoms with Crippen LogP contribution in [0.1, 0.15) is 5.69 Å². The number of aryl methyl sites for hydroxylation is 1. The van der Waals surface area contributed by atoms with Crippen molar-refractivity contribution in [1.82, 2.24) is 9.78 Å². The third kappa shape index (κ3) is 3.49. The second kappa shape index (κ2) is 3.79. The molecule has 0 aliphatic carbocycles. The van der Waals surface area contributed by atoms with Crippen LogP contribution in [0.4, 0.5) is 23.7 Å². The van der Waals surface area contributed by atoms with E-state index < -0.39 is 18.8 Å². The van der Waals surface area contributed by atoms with Crippen molar-refractivity contribution in [3.8, 4) is 0 Å². The number of aromatic nitrogens is 2. The number of anilines is 1. The maximum absolute atomic E-state index is 11.9. The Morgan fingerprint density at radius 1 is 1.67 bits per heavy atom. The van der Waals surface area contributed by atoms with Gasteiger partial charge in [-0.2, -0.15) is 18.3 Å². The Bertz CT molecular complexity index is 372. The predicted octanol–water partition coefficient (Wildman–Crippen LogP) is 1.84. The minimum absolute atomic E-state index is 0.0479. The lowest BCUT2D eigenvalue weighted by molar-refractivity contribution is -0.142. The highest BCUT2D eigenvalue weighted by Crippen LogP contribution is 2.19. The number of hydrogen-bond donors (Lipinski definition) is 2. The van der Waals surface area contributed by atoms with Gasteiger partial charge in [0.1, 0.15) is 6.54 Å². The molecule has 15 heavy (non-hydrogen) atoms. The number of halogens is 3. The molecule has 1 rings (SSSR count). The van der Waals surface area contributed by atoms with Gasteiger partial charge < -0.3 is 5.11 Å². The molecule has 0 spiro atoms. The summed E-state index contributed by atoms with van der Waals surface area (Å²) >= 11 is 0. The number of hydrogen-bond acceptors (Lipinski definition) is 2. The lowest BCUT2D eigenvalue weighted by Crippen LogP contribution is -2.18. The van der Waals surface area contributed by atoms with Crippen molar-refractivity contribution in [2.75, 3.05) is 5.32 Å². The Morgan fingerprint density at radius 2 is 2.27 bits per heavy atom. The number of rotatable bonds is 2. The van der Waals surface area contributed by atoms with Crippen molar-refractivity contribution in [3.63, 3.8) is 0 Å². The van der Waals surface area contributed by atoms with Crippen molar-refractivity contribution >= 4 is 11.8 Å². The minimum Gasteiger partial charge on any atom is -0.465 e. The van der Waals surface area contributed by atoms with Crippen molar-refractivity contribution in [3.05, 3.63) is 11.9 Å². The van der Waals surface area contributed by atoms with Crippen LogP contribution in [0.15, 0.2) is 6.20 Å². The molecule has 2 N–H and O–H groups in total. The second-order valence-electron chi connectivity index (χ2n) is 2.87. The van der Waals surface area contributed by atoms with Crippen LogP contribution in [0.3, 0.4) is 0 Å². The van der Waals surface area contributed by atoms with Crippen molar-refractivity contribution in [2.24, 2.45) is 0 Å². The summed E-state index contributed by atoms with van der Waals surface area (Å²) < 4.78 is 36.5. The van der Waals surface area contributed by atoms with E-state index in [0.717, 1.165) is 6.20 Å². The van der Waals surface area contributed by atoms with Gasteiger partial charge in [0.2, 0.25) is 0 Å². The van der Waals surface area contributed by atoms with Gasteiger partial charge in [0.15, 0.2) is 0 Å². The zero-order chi connectivity index (χ0) is 11.6. The zero-order valence-corrected chi connectivity index (χ0v) is 7.67. The fraction of sp³-hybridized carbons (Fsp3) is 0.429. The maximum Gasteiger partial charge on any atom is 0.409 e. The Kier molecular flexibility index (Phi) is 2.87. The van der Waals surface area contributed by atoms with E-state index in [9.17, 15) is 18.0 Å². The lowest BCUT2D eigenvalue weighted by Gasteiger charge is -2.04. The number of carbonyl (C=O) groups is 1. The standard InChI is InChI=1S/C7H8F3N3O2/c1-4-5(11-6(14)15)2-13(12-4)3-7(8,9)10/h2,11H,3H2,1H3,(H,14,15). The number of nitrogens with one attached hydrogen (secondary N) is 1. The summed E-state index contributed by atoms with van der Waals surface area (Å²) in [6.07, 6.45) is -4.72. The van der Waals surface area contributed by atoms with Gasteiger partial charge in [-0.05, 0) is 6.92 Å². The molecule has 0 bridgehead atoms. The van der Waals surface area contributed by atoms with Gasteiger partial charge in [-0.3, -0.25) is 10.00 Å². The highest BCUT2D eigenvalue weighted by atomic mass is 19.4. The fourth-order valence-corrected chi connectivity index (χ4v) is 1.02. The summed E-state index contributed by atoms with van der Waals surface area (Å²) in [6.45, 7) is 0.174. The SMILES string of the molecule is Cc1nn(CC(F)(F)F)cc1NC(=O)O. The zero-order valence-electron chi connectivity index (χ0n) is 7.67. The molecule has 0 aliphatic heterocycles. The molecule has 1 amide bonds. The van der Waals surface area contributed by atoms with E-state index in [1.807, 2.05) is 5.32 Å². The largest absolute Gasteiger partial charge is 0.465 e. The Hall–Kier alpha value is -1.73. The molecule has 1 heterocycles. The average molecular weight is 223 g/mol. The van der Waals surface area contributed by atoms with Crippen LogP contribution in [0.25, 0.3) is 0 Å². The molecule has 0 unspecified atom stereocenters. The van der Waals surface area contributed by atoms with E-state index in [4.69, 9.17) is 5.11 Å². The fourth-order valence-electron chi connectivity index (χ4n) is 1.02. The van der Waals surface area contributed by atoms with Gasteiger partial charge in [-0.15, -0.1) is 0 Å². The van der Waals surface area contributed by atoms with Crippen LogP contribution in [-0.2, 0) is 6.54 Å². The van der Waals surface area contributed by atoms with E-state index in [0.29, 0.717) is 4.68 Å². The third-order valence-corrected chi connectivity index (χ3v) is 1.53. The first-order chi connectivity index (χ1) is 6.78. The summed E-state index contributed by atoms with van der Waals surface area (Å²) in [5.41, 5.74) is 0.244. The molecule has 0 aromatic carbocycles. The number of nitrogens with zero attached hydrogens (tertiary/aromatic N) is 2. The molecule has 0 radical (unpaired) electrons. The van der Waals surface area contributed by atoms with E-state index in [1.54, 1.807) is 0 Å². The summed E-state index contributed by atoms with van der Waals surface area (Å²) in [6, 6.07) is 0. The summed E-state index contributed by atoms with van der Waals surface area (Å²) in [5, 5.41) is 13.8. The Morgan fingerprint density at radius 3 is 2.73 bits per heavy atom. The van der Waals surface area contributed by atoms with E-state index in [-0.39, 0.29) is 11.4 Å². The van der Waals surface area contributed by atoms with Crippen molar-refractivity contribution in [2.45, 2.75) is 19.6 Å². The number of carboxylic acid groups (broad SMARTS) is 1. The molecular formula is C7H8F3N3O2. The Labute approximate surface area is 82.5 Å². The van der Waals surface area contributed by atoms with Gasteiger partial charge in [-0.1, -0.05) is 0 Å². The van der Waals surface area contributed by atoms with Gasteiger partial charge in [0.05, 0.1) is 11.4 Å². The van der Waals surface area contributed by atoms with Gasteiger partial charge >= 0.3 is 12.3 Å². The summed E-state index contributed by atoms with van der Waals surface area (Å²) in [4.78, 5) is 10.2. The van der Waals surface area contributed by atoms with Crippen LogP contribution in [0.2, 0.25) is 0 Å². The Balaban J connectivity index is 2.81. The smallest absolute Gasteiger partial charge is 0.409 e. The van der Waals surface area contributed by atoms with E-state index >= 15 is 0 Å². The second-order valence-corrected chi connectivity index (χ2v) is 2.87. The molecule has 0 fully saturated rings. The summed E-state index contributed by atoms with van der Waals surface area (Å²) in [5.74, 6) is 0. The third-order valence-electron chi connectivity index (χ3n) is 1.53. The molecule has 0 atom stereocenters. The molecule has 0 aliphatic rings. The van der Waals surface area contributed by atoms with E-state index in [2.05, 4.69) is 5.10 Å².